The van der Waals surface area contributed by atoms with Gasteiger partial charge in [-0.25, -0.2) is 4.79 Å². The second kappa shape index (κ2) is 6.16. The number of carboxylic acid groups (broad SMARTS) is 1. The molecule has 0 aliphatic carbocycles. The Morgan fingerprint density at radius 2 is 2.09 bits per heavy atom. The van der Waals surface area contributed by atoms with Crippen LogP contribution in [0.5, 0.6) is 0 Å². The van der Waals surface area contributed by atoms with Crippen molar-refractivity contribution in [1.29, 1.82) is 0 Å². The molecular formula is C8H16O3. The van der Waals surface area contributed by atoms with Crippen LogP contribution < -0.4 is 0 Å². The first-order chi connectivity index (χ1) is 5.22. The third-order valence-electron chi connectivity index (χ3n) is 1.35. The lowest BCUT2D eigenvalue weighted by molar-refractivity contribution is -0.150. The molecule has 0 radical (unpaired) electrons. The summed E-state index contributed by atoms with van der Waals surface area (Å²) in [6.07, 6.45) is 1.73. The average molecular weight is 160 g/mol. The molecule has 11 heavy (non-hydrogen) atoms. The van der Waals surface area contributed by atoms with Gasteiger partial charge in [0.2, 0.25) is 0 Å². The summed E-state index contributed by atoms with van der Waals surface area (Å²) in [4.78, 5) is 10.5. The van der Waals surface area contributed by atoms with E-state index >= 15 is 0 Å². The summed E-state index contributed by atoms with van der Waals surface area (Å²) >= 11 is 0. The second-order valence-electron chi connectivity index (χ2n) is 2.49. The van der Waals surface area contributed by atoms with Gasteiger partial charge in [-0.3, -0.25) is 0 Å². The number of aliphatic carboxylic acids is 1. The van der Waals surface area contributed by atoms with Crippen molar-refractivity contribution >= 4 is 5.97 Å². The van der Waals surface area contributed by atoms with Crippen molar-refractivity contribution in [3.05, 3.63) is 0 Å². The summed E-state index contributed by atoms with van der Waals surface area (Å²) in [6.45, 7) is 4.45. The molecule has 3 nitrogen and oxygen atoms in total. The highest BCUT2D eigenvalue weighted by Crippen LogP contribution is 2.02. The highest BCUT2D eigenvalue weighted by molar-refractivity contribution is 5.72. The molecule has 0 spiro atoms. The minimum absolute atomic E-state index is 0.539. The predicted octanol–water partition coefficient (Wildman–Crippen LogP) is 1.67. The number of carbonyl (C=O) groups is 1. The van der Waals surface area contributed by atoms with E-state index in [0.717, 1.165) is 12.8 Å². The summed E-state index contributed by atoms with van der Waals surface area (Å²) < 4.78 is 5.09. The van der Waals surface area contributed by atoms with Crippen molar-refractivity contribution in [2.45, 2.75) is 39.2 Å². The van der Waals surface area contributed by atoms with E-state index in [1.54, 1.807) is 0 Å². The normalized spacial score (nSPS) is 12.9. The fourth-order valence-electron chi connectivity index (χ4n) is 0.800. The van der Waals surface area contributed by atoms with Crippen molar-refractivity contribution < 1.29 is 14.6 Å². The highest BCUT2D eigenvalue weighted by atomic mass is 16.5. The SMILES string of the molecule is CCCOC(CCC)C(=O)O. The van der Waals surface area contributed by atoms with Gasteiger partial charge in [-0.2, -0.15) is 0 Å². The quantitative estimate of drug-likeness (QED) is 0.642. The van der Waals surface area contributed by atoms with Crippen LogP contribution in [0.25, 0.3) is 0 Å². The van der Waals surface area contributed by atoms with E-state index in [-0.39, 0.29) is 0 Å². The Balaban J connectivity index is 3.60. The Labute approximate surface area is 67.4 Å². The van der Waals surface area contributed by atoms with Crippen LogP contribution in [0.3, 0.4) is 0 Å². The van der Waals surface area contributed by atoms with E-state index in [1.165, 1.54) is 0 Å². The van der Waals surface area contributed by atoms with E-state index in [0.29, 0.717) is 13.0 Å². The van der Waals surface area contributed by atoms with Crippen molar-refractivity contribution in [2.75, 3.05) is 6.61 Å². The molecule has 0 fully saturated rings. The molecule has 0 aliphatic heterocycles. The van der Waals surface area contributed by atoms with E-state index < -0.39 is 12.1 Å². The first kappa shape index (κ1) is 10.4. The van der Waals surface area contributed by atoms with Crippen molar-refractivity contribution in [3.63, 3.8) is 0 Å². The zero-order chi connectivity index (χ0) is 8.69. The molecule has 0 rings (SSSR count). The third kappa shape index (κ3) is 4.79. The Hall–Kier alpha value is -0.570. The second-order valence-corrected chi connectivity index (χ2v) is 2.49. The molecule has 1 unspecified atom stereocenters. The molecule has 0 aliphatic rings. The molecule has 0 aromatic heterocycles. The first-order valence-electron chi connectivity index (χ1n) is 4.06. The van der Waals surface area contributed by atoms with Gasteiger partial charge in [0.05, 0.1) is 0 Å². The van der Waals surface area contributed by atoms with Crippen LogP contribution >= 0.6 is 0 Å². The molecule has 1 N–H and O–H groups in total. The van der Waals surface area contributed by atoms with Crippen molar-refractivity contribution in [3.8, 4) is 0 Å². The molecule has 0 aromatic carbocycles. The molecule has 3 heteroatoms. The van der Waals surface area contributed by atoms with Gasteiger partial charge < -0.3 is 9.84 Å². The average Bonchev–Trinajstić information content (AvgIpc) is 1.97. The first-order valence-corrected chi connectivity index (χ1v) is 4.06. The predicted molar refractivity (Wildman–Crippen MR) is 42.6 cm³/mol. The van der Waals surface area contributed by atoms with Gasteiger partial charge in [-0.05, 0) is 12.8 Å². The van der Waals surface area contributed by atoms with Gasteiger partial charge in [0, 0.05) is 6.61 Å². The maximum absolute atomic E-state index is 10.5. The molecule has 66 valence electrons. The zero-order valence-corrected chi connectivity index (χ0v) is 7.17. The van der Waals surface area contributed by atoms with Crippen LogP contribution in [0.15, 0.2) is 0 Å². The molecule has 0 aromatic rings. The third-order valence-corrected chi connectivity index (χ3v) is 1.35. The van der Waals surface area contributed by atoms with Crippen molar-refractivity contribution in [2.24, 2.45) is 0 Å². The van der Waals surface area contributed by atoms with Gasteiger partial charge in [-0.1, -0.05) is 20.3 Å². The Morgan fingerprint density at radius 3 is 2.45 bits per heavy atom. The topological polar surface area (TPSA) is 46.5 Å². The number of ether oxygens (including phenoxy) is 1. The van der Waals surface area contributed by atoms with Gasteiger partial charge in [0.1, 0.15) is 0 Å². The van der Waals surface area contributed by atoms with Crippen LogP contribution in [0.4, 0.5) is 0 Å². The Bertz CT molecular complexity index is 112. The zero-order valence-electron chi connectivity index (χ0n) is 7.17. The number of hydrogen-bond donors (Lipinski definition) is 1. The highest BCUT2D eigenvalue weighted by Gasteiger charge is 2.15. The molecule has 0 heterocycles. The number of carboxylic acids is 1. The Morgan fingerprint density at radius 1 is 1.45 bits per heavy atom. The van der Waals surface area contributed by atoms with Crippen LogP contribution in [-0.4, -0.2) is 23.8 Å². The van der Waals surface area contributed by atoms with Crippen molar-refractivity contribution in [1.82, 2.24) is 0 Å². The van der Waals surface area contributed by atoms with E-state index in [1.807, 2.05) is 13.8 Å². The van der Waals surface area contributed by atoms with Gasteiger partial charge >= 0.3 is 5.97 Å². The smallest absolute Gasteiger partial charge is 0.332 e. The fraction of sp³-hybridized carbons (Fsp3) is 0.875. The molecular weight excluding hydrogens is 144 g/mol. The van der Waals surface area contributed by atoms with E-state index in [2.05, 4.69) is 0 Å². The minimum Gasteiger partial charge on any atom is -0.479 e. The molecule has 0 saturated heterocycles. The van der Waals surface area contributed by atoms with Crippen LogP contribution in [0, 0.1) is 0 Å². The summed E-state index contributed by atoms with van der Waals surface area (Å²) in [5.74, 6) is -0.847. The van der Waals surface area contributed by atoms with Crippen LogP contribution in [0.1, 0.15) is 33.1 Å². The summed E-state index contributed by atoms with van der Waals surface area (Å²) in [5, 5.41) is 8.61. The minimum atomic E-state index is -0.847. The molecule has 0 saturated carbocycles. The molecule has 1 atom stereocenters. The van der Waals surface area contributed by atoms with Crippen LogP contribution in [0.2, 0.25) is 0 Å². The lowest BCUT2D eigenvalue weighted by atomic mass is 10.2. The van der Waals surface area contributed by atoms with Gasteiger partial charge in [0.25, 0.3) is 0 Å². The summed E-state index contributed by atoms with van der Waals surface area (Å²) in [5.41, 5.74) is 0. The Kier molecular flexibility index (Phi) is 5.84. The standard InChI is InChI=1S/C8H16O3/c1-3-5-7(8(9)10)11-6-4-2/h7H,3-6H2,1-2H3,(H,9,10). The summed E-state index contributed by atoms with van der Waals surface area (Å²) in [7, 11) is 0. The lowest BCUT2D eigenvalue weighted by Crippen LogP contribution is -2.23. The van der Waals surface area contributed by atoms with E-state index in [4.69, 9.17) is 9.84 Å². The molecule has 0 amide bonds. The maximum atomic E-state index is 10.5. The van der Waals surface area contributed by atoms with Gasteiger partial charge in [0.15, 0.2) is 6.10 Å². The number of hydrogen-bond acceptors (Lipinski definition) is 2. The largest absolute Gasteiger partial charge is 0.479 e. The monoisotopic (exact) mass is 160 g/mol. The van der Waals surface area contributed by atoms with E-state index in [9.17, 15) is 4.79 Å². The van der Waals surface area contributed by atoms with Gasteiger partial charge in [-0.15, -0.1) is 0 Å². The molecule has 0 bridgehead atoms. The fourth-order valence-corrected chi connectivity index (χ4v) is 0.800. The number of rotatable bonds is 6. The maximum Gasteiger partial charge on any atom is 0.332 e. The lowest BCUT2D eigenvalue weighted by Gasteiger charge is -2.10. The summed E-state index contributed by atoms with van der Waals surface area (Å²) in [6, 6.07) is 0. The van der Waals surface area contributed by atoms with Crippen LogP contribution in [-0.2, 0) is 9.53 Å².